The molecule has 1 fully saturated rings. The van der Waals surface area contributed by atoms with Crippen molar-refractivity contribution in [1.82, 2.24) is 15.1 Å². The van der Waals surface area contributed by atoms with Crippen LogP contribution in [0.2, 0.25) is 0 Å². The number of nitrogens with one attached hydrogen (secondary N) is 2. The number of amides is 1. The van der Waals surface area contributed by atoms with Gasteiger partial charge in [0.1, 0.15) is 5.82 Å². The minimum atomic E-state index is -0.195. The van der Waals surface area contributed by atoms with Gasteiger partial charge in [0.25, 0.3) is 0 Å². The average molecular weight is 195 g/mol. The number of hydrogen-bond donors (Lipinski definition) is 3. The summed E-state index contributed by atoms with van der Waals surface area (Å²) in [7, 11) is 0. The number of carbonyl (C=O) groups is 1. The molecule has 6 heteroatoms. The topological polar surface area (TPSA) is 85.0 Å². The Labute approximate surface area is 81.5 Å². The van der Waals surface area contributed by atoms with Crippen molar-refractivity contribution in [3.8, 4) is 0 Å². The van der Waals surface area contributed by atoms with Gasteiger partial charge in [-0.1, -0.05) is 0 Å². The third-order valence-corrected chi connectivity index (χ3v) is 2.23. The number of nitrogens with two attached hydrogens (primary N) is 1. The fourth-order valence-electron chi connectivity index (χ4n) is 1.34. The van der Waals surface area contributed by atoms with E-state index in [1.54, 1.807) is 12.3 Å². The van der Waals surface area contributed by atoms with E-state index in [0.29, 0.717) is 11.9 Å². The first-order chi connectivity index (χ1) is 6.81. The number of rotatable bonds is 3. The van der Waals surface area contributed by atoms with Gasteiger partial charge in [-0.2, -0.15) is 5.10 Å². The van der Waals surface area contributed by atoms with Crippen LogP contribution in [-0.4, -0.2) is 35.3 Å². The minimum absolute atomic E-state index is 0.00586. The first-order valence-electron chi connectivity index (χ1n) is 4.55. The zero-order valence-electron chi connectivity index (χ0n) is 7.73. The zero-order valence-corrected chi connectivity index (χ0v) is 7.73. The molecule has 1 aromatic rings. The van der Waals surface area contributed by atoms with Gasteiger partial charge in [0, 0.05) is 19.2 Å². The van der Waals surface area contributed by atoms with E-state index in [2.05, 4.69) is 15.7 Å². The summed E-state index contributed by atoms with van der Waals surface area (Å²) in [4.78, 5) is 11.1. The smallest absolute Gasteiger partial charge is 0.239 e. The second kappa shape index (κ2) is 3.77. The predicted octanol–water partition coefficient (Wildman–Crippen LogP) is -1.08. The van der Waals surface area contributed by atoms with Crippen molar-refractivity contribution in [2.24, 2.45) is 5.73 Å². The first kappa shape index (κ1) is 9.17. The largest absolute Gasteiger partial charge is 0.322 e. The van der Waals surface area contributed by atoms with Crippen LogP contribution in [0, 0.1) is 0 Å². The SMILES string of the molecule is NCC(=O)Nc1ccnn1C1CNC1. The second-order valence-corrected chi connectivity index (χ2v) is 3.23. The van der Waals surface area contributed by atoms with E-state index in [-0.39, 0.29) is 12.5 Å². The maximum absolute atomic E-state index is 11.1. The van der Waals surface area contributed by atoms with Crippen LogP contribution in [0.3, 0.4) is 0 Å². The summed E-state index contributed by atoms with van der Waals surface area (Å²) in [5.41, 5.74) is 5.21. The van der Waals surface area contributed by atoms with E-state index >= 15 is 0 Å². The Morgan fingerprint density at radius 3 is 3.14 bits per heavy atom. The molecule has 0 bridgehead atoms. The summed E-state index contributed by atoms with van der Waals surface area (Å²) in [6.45, 7) is 1.79. The lowest BCUT2D eigenvalue weighted by Gasteiger charge is -2.28. The van der Waals surface area contributed by atoms with E-state index in [4.69, 9.17) is 5.73 Å². The zero-order chi connectivity index (χ0) is 9.97. The number of anilines is 1. The van der Waals surface area contributed by atoms with Gasteiger partial charge in [0.2, 0.25) is 5.91 Å². The normalized spacial score (nSPS) is 16.4. The number of hydrogen-bond acceptors (Lipinski definition) is 4. The average Bonchev–Trinajstić information content (AvgIpc) is 2.50. The summed E-state index contributed by atoms with van der Waals surface area (Å²) < 4.78 is 1.81. The van der Waals surface area contributed by atoms with Gasteiger partial charge in [-0.25, -0.2) is 4.68 Å². The lowest BCUT2D eigenvalue weighted by molar-refractivity contribution is -0.115. The van der Waals surface area contributed by atoms with E-state index in [1.165, 1.54) is 0 Å². The van der Waals surface area contributed by atoms with Crippen LogP contribution >= 0.6 is 0 Å². The minimum Gasteiger partial charge on any atom is -0.322 e. The van der Waals surface area contributed by atoms with Crippen molar-refractivity contribution < 1.29 is 4.79 Å². The molecule has 0 radical (unpaired) electrons. The molecule has 1 amide bonds. The Morgan fingerprint density at radius 2 is 2.57 bits per heavy atom. The quantitative estimate of drug-likeness (QED) is 0.573. The highest BCUT2D eigenvalue weighted by molar-refractivity contribution is 5.91. The molecule has 2 heterocycles. The Kier molecular flexibility index (Phi) is 2.47. The molecule has 1 aliphatic rings. The van der Waals surface area contributed by atoms with Gasteiger partial charge in [-0.15, -0.1) is 0 Å². The van der Waals surface area contributed by atoms with E-state index in [0.717, 1.165) is 13.1 Å². The number of aromatic nitrogens is 2. The van der Waals surface area contributed by atoms with Gasteiger partial charge in [-0.3, -0.25) is 4.79 Å². The van der Waals surface area contributed by atoms with Crippen LogP contribution in [0.1, 0.15) is 6.04 Å². The molecule has 14 heavy (non-hydrogen) atoms. The molecule has 0 aromatic carbocycles. The molecular weight excluding hydrogens is 182 g/mol. The van der Waals surface area contributed by atoms with Crippen LogP contribution in [0.5, 0.6) is 0 Å². The fraction of sp³-hybridized carbons (Fsp3) is 0.500. The number of carbonyl (C=O) groups excluding carboxylic acids is 1. The van der Waals surface area contributed by atoms with Crippen LogP contribution in [0.4, 0.5) is 5.82 Å². The molecule has 1 aromatic heterocycles. The van der Waals surface area contributed by atoms with Gasteiger partial charge in [0.05, 0.1) is 18.8 Å². The Morgan fingerprint density at radius 1 is 1.79 bits per heavy atom. The maximum atomic E-state index is 11.1. The molecule has 0 spiro atoms. The van der Waals surface area contributed by atoms with Crippen molar-refractivity contribution in [2.75, 3.05) is 25.0 Å². The summed E-state index contributed by atoms with van der Waals surface area (Å²) >= 11 is 0. The van der Waals surface area contributed by atoms with Gasteiger partial charge >= 0.3 is 0 Å². The molecular formula is C8H13N5O. The Bertz CT molecular complexity index is 330. The van der Waals surface area contributed by atoms with E-state index in [1.807, 2.05) is 4.68 Å². The summed E-state index contributed by atoms with van der Waals surface area (Å²) in [5, 5.41) is 9.99. The van der Waals surface area contributed by atoms with E-state index in [9.17, 15) is 4.79 Å². The highest BCUT2D eigenvalue weighted by atomic mass is 16.1. The molecule has 1 saturated heterocycles. The fourth-order valence-corrected chi connectivity index (χ4v) is 1.34. The highest BCUT2D eigenvalue weighted by Gasteiger charge is 2.21. The molecule has 0 unspecified atom stereocenters. The van der Waals surface area contributed by atoms with Crippen LogP contribution in [0.15, 0.2) is 12.3 Å². The van der Waals surface area contributed by atoms with Crippen LogP contribution in [-0.2, 0) is 4.79 Å². The molecule has 0 saturated carbocycles. The van der Waals surface area contributed by atoms with Gasteiger partial charge < -0.3 is 16.4 Å². The lowest BCUT2D eigenvalue weighted by atomic mass is 10.2. The lowest BCUT2D eigenvalue weighted by Crippen LogP contribution is -2.44. The molecule has 4 N–H and O–H groups in total. The monoisotopic (exact) mass is 195 g/mol. The predicted molar refractivity (Wildman–Crippen MR) is 51.8 cm³/mol. The molecule has 6 nitrogen and oxygen atoms in total. The van der Waals surface area contributed by atoms with Crippen molar-refractivity contribution in [3.05, 3.63) is 12.3 Å². The molecule has 0 atom stereocenters. The van der Waals surface area contributed by atoms with Crippen LogP contribution < -0.4 is 16.4 Å². The van der Waals surface area contributed by atoms with E-state index < -0.39 is 0 Å². The Hall–Kier alpha value is -1.40. The van der Waals surface area contributed by atoms with Crippen molar-refractivity contribution in [3.63, 3.8) is 0 Å². The molecule has 2 rings (SSSR count). The van der Waals surface area contributed by atoms with Crippen molar-refractivity contribution in [2.45, 2.75) is 6.04 Å². The van der Waals surface area contributed by atoms with Crippen molar-refractivity contribution in [1.29, 1.82) is 0 Å². The van der Waals surface area contributed by atoms with Gasteiger partial charge in [0.15, 0.2) is 0 Å². The molecule has 76 valence electrons. The third kappa shape index (κ3) is 1.61. The van der Waals surface area contributed by atoms with Gasteiger partial charge in [-0.05, 0) is 0 Å². The van der Waals surface area contributed by atoms with Crippen molar-refractivity contribution >= 4 is 11.7 Å². The first-order valence-corrected chi connectivity index (χ1v) is 4.55. The van der Waals surface area contributed by atoms with Crippen LogP contribution in [0.25, 0.3) is 0 Å². The molecule has 0 aliphatic carbocycles. The third-order valence-electron chi connectivity index (χ3n) is 2.23. The Balaban J connectivity index is 2.08. The molecule has 1 aliphatic heterocycles. The number of nitrogens with zero attached hydrogens (tertiary/aromatic N) is 2. The summed E-state index contributed by atoms with van der Waals surface area (Å²) in [5.74, 6) is 0.519. The summed E-state index contributed by atoms with van der Waals surface area (Å²) in [6, 6.07) is 2.12. The maximum Gasteiger partial charge on any atom is 0.239 e. The highest BCUT2D eigenvalue weighted by Crippen LogP contribution is 2.16. The summed E-state index contributed by atoms with van der Waals surface area (Å²) in [6.07, 6.45) is 1.67. The standard InChI is InChI=1S/C8H13N5O/c9-3-8(14)12-7-1-2-11-13(7)6-4-10-5-6/h1-2,6,10H,3-5,9H2,(H,12,14). The second-order valence-electron chi connectivity index (χ2n) is 3.23.